The van der Waals surface area contributed by atoms with Crippen LogP contribution in [0.4, 0.5) is 0 Å². The lowest BCUT2D eigenvalue weighted by atomic mass is 10.2. The zero-order valence-corrected chi connectivity index (χ0v) is 16.5. The zero-order chi connectivity index (χ0) is 18.8. The van der Waals surface area contributed by atoms with Gasteiger partial charge in [-0.3, -0.25) is 4.57 Å². The fraction of sp³-hybridized carbons (Fsp3) is 0.105. The van der Waals surface area contributed by atoms with Gasteiger partial charge in [-0.15, -0.1) is 16.8 Å². The van der Waals surface area contributed by atoms with E-state index in [0.29, 0.717) is 22.3 Å². The quantitative estimate of drug-likeness (QED) is 0.313. The van der Waals surface area contributed by atoms with E-state index >= 15 is 0 Å². The highest BCUT2D eigenvalue weighted by atomic mass is 35.5. The Bertz CT molecular complexity index is 1090. The standard InChI is InChI=1S/C19H15Cl2N5S/c1-2-8-26-18(13-6-7-15(20)16(21)10-13)23-24-19(26)27-12-14-11-25-9-4-3-5-17(25)22-14/h2-7,9-11H,1,8,12H2. The van der Waals surface area contributed by atoms with Gasteiger partial charge in [0.15, 0.2) is 11.0 Å². The van der Waals surface area contributed by atoms with Gasteiger partial charge >= 0.3 is 0 Å². The second-order valence-corrected chi connectivity index (χ2v) is 7.58. The fourth-order valence-corrected chi connectivity index (χ4v) is 3.86. The van der Waals surface area contributed by atoms with E-state index in [9.17, 15) is 0 Å². The number of aromatic nitrogens is 5. The minimum Gasteiger partial charge on any atom is -0.307 e. The van der Waals surface area contributed by atoms with Crippen LogP contribution in [0.2, 0.25) is 10.0 Å². The molecule has 0 aliphatic carbocycles. The maximum Gasteiger partial charge on any atom is 0.192 e. The van der Waals surface area contributed by atoms with Crippen molar-refractivity contribution >= 4 is 40.6 Å². The highest BCUT2D eigenvalue weighted by Crippen LogP contribution is 2.30. The molecule has 0 spiro atoms. The lowest BCUT2D eigenvalue weighted by molar-refractivity contribution is 0.731. The second kappa shape index (κ2) is 7.76. The maximum atomic E-state index is 6.15. The summed E-state index contributed by atoms with van der Waals surface area (Å²) in [6.07, 6.45) is 5.83. The number of imidazole rings is 1. The predicted molar refractivity (Wildman–Crippen MR) is 110 cm³/mol. The molecule has 0 aliphatic heterocycles. The Kier molecular flexibility index (Phi) is 5.20. The van der Waals surface area contributed by atoms with Crippen LogP contribution in [0.15, 0.2) is 66.6 Å². The van der Waals surface area contributed by atoms with Gasteiger partial charge in [0.2, 0.25) is 0 Å². The normalized spacial score (nSPS) is 11.2. The van der Waals surface area contributed by atoms with Gasteiger partial charge < -0.3 is 4.40 Å². The van der Waals surface area contributed by atoms with Crippen molar-refractivity contribution in [1.29, 1.82) is 0 Å². The van der Waals surface area contributed by atoms with Crippen molar-refractivity contribution in [2.45, 2.75) is 17.5 Å². The molecule has 136 valence electrons. The molecule has 5 nitrogen and oxygen atoms in total. The van der Waals surface area contributed by atoms with E-state index < -0.39 is 0 Å². The molecule has 0 atom stereocenters. The number of rotatable bonds is 6. The Labute approximate surface area is 170 Å². The molecule has 0 N–H and O–H groups in total. The third-order valence-corrected chi connectivity index (χ3v) is 5.71. The average Bonchev–Trinajstić information content (AvgIpc) is 3.26. The molecule has 3 aromatic heterocycles. The molecule has 0 fully saturated rings. The Morgan fingerprint density at radius 2 is 2.00 bits per heavy atom. The first-order valence-electron chi connectivity index (χ1n) is 8.20. The summed E-state index contributed by atoms with van der Waals surface area (Å²) in [5.41, 5.74) is 2.77. The maximum absolute atomic E-state index is 6.15. The molecule has 4 aromatic rings. The van der Waals surface area contributed by atoms with E-state index in [-0.39, 0.29) is 0 Å². The van der Waals surface area contributed by atoms with E-state index in [1.807, 2.05) is 51.7 Å². The SMILES string of the molecule is C=CCn1c(SCc2cn3ccccc3n2)nnc1-c1ccc(Cl)c(Cl)c1. The molecule has 27 heavy (non-hydrogen) atoms. The van der Waals surface area contributed by atoms with Crippen LogP contribution in [0.3, 0.4) is 0 Å². The first kappa shape index (κ1) is 18.1. The van der Waals surface area contributed by atoms with Crippen molar-refractivity contribution in [2.75, 3.05) is 0 Å². The third kappa shape index (κ3) is 3.74. The number of thioether (sulfide) groups is 1. The highest BCUT2D eigenvalue weighted by Gasteiger charge is 2.15. The van der Waals surface area contributed by atoms with Gasteiger partial charge in [-0.1, -0.05) is 47.1 Å². The molecule has 0 saturated heterocycles. The van der Waals surface area contributed by atoms with Gasteiger partial charge in [0.25, 0.3) is 0 Å². The largest absolute Gasteiger partial charge is 0.307 e. The number of hydrogen-bond donors (Lipinski definition) is 0. The highest BCUT2D eigenvalue weighted by molar-refractivity contribution is 7.98. The number of hydrogen-bond acceptors (Lipinski definition) is 4. The minimum absolute atomic E-state index is 0.487. The molecule has 3 heterocycles. The van der Waals surface area contributed by atoms with Crippen LogP contribution in [0.25, 0.3) is 17.0 Å². The number of allylic oxidation sites excluding steroid dienone is 1. The van der Waals surface area contributed by atoms with Crippen LogP contribution in [-0.2, 0) is 12.3 Å². The molecule has 4 rings (SSSR count). The molecule has 0 bridgehead atoms. The first-order chi connectivity index (χ1) is 13.2. The molecular formula is C19H15Cl2N5S. The molecule has 0 radical (unpaired) electrons. The van der Waals surface area contributed by atoms with E-state index in [2.05, 4.69) is 21.8 Å². The molecular weight excluding hydrogens is 401 g/mol. The minimum atomic E-state index is 0.487. The van der Waals surface area contributed by atoms with Gasteiger partial charge in [-0.05, 0) is 30.3 Å². The number of pyridine rings is 1. The monoisotopic (exact) mass is 415 g/mol. The van der Waals surface area contributed by atoms with Crippen LogP contribution in [0.5, 0.6) is 0 Å². The van der Waals surface area contributed by atoms with Crippen molar-refractivity contribution in [3.63, 3.8) is 0 Å². The van der Waals surface area contributed by atoms with Gasteiger partial charge in [0, 0.05) is 30.3 Å². The molecule has 0 aliphatic rings. The first-order valence-corrected chi connectivity index (χ1v) is 9.95. The van der Waals surface area contributed by atoms with Crippen molar-refractivity contribution < 1.29 is 0 Å². The van der Waals surface area contributed by atoms with Gasteiger partial charge in [-0.25, -0.2) is 4.98 Å². The summed E-state index contributed by atoms with van der Waals surface area (Å²) in [5.74, 6) is 1.42. The summed E-state index contributed by atoms with van der Waals surface area (Å²) in [7, 11) is 0. The Hall–Kier alpha value is -2.28. The average molecular weight is 416 g/mol. The Morgan fingerprint density at radius 3 is 2.78 bits per heavy atom. The van der Waals surface area contributed by atoms with Gasteiger partial charge in [0.05, 0.1) is 15.7 Å². The summed E-state index contributed by atoms with van der Waals surface area (Å²) in [6, 6.07) is 11.4. The lowest BCUT2D eigenvalue weighted by Gasteiger charge is -2.08. The second-order valence-electron chi connectivity index (χ2n) is 5.82. The van der Waals surface area contributed by atoms with Crippen molar-refractivity contribution in [2.24, 2.45) is 0 Å². The van der Waals surface area contributed by atoms with Crippen LogP contribution in [-0.4, -0.2) is 24.1 Å². The zero-order valence-electron chi connectivity index (χ0n) is 14.2. The summed E-state index contributed by atoms with van der Waals surface area (Å²) in [6.45, 7) is 4.44. The van der Waals surface area contributed by atoms with Gasteiger partial charge in [-0.2, -0.15) is 0 Å². The van der Waals surface area contributed by atoms with Gasteiger partial charge in [0.1, 0.15) is 5.65 Å². The number of benzene rings is 1. The number of nitrogens with zero attached hydrogens (tertiary/aromatic N) is 5. The van der Waals surface area contributed by atoms with E-state index in [1.165, 1.54) is 0 Å². The summed E-state index contributed by atoms with van der Waals surface area (Å²) in [4.78, 5) is 4.62. The van der Waals surface area contributed by atoms with Crippen LogP contribution in [0, 0.1) is 0 Å². The van der Waals surface area contributed by atoms with Crippen molar-refractivity contribution in [3.8, 4) is 11.4 Å². The smallest absolute Gasteiger partial charge is 0.192 e. The molecule has 0 saturated carbocycles. The number of fused-ring (bicyclic) bond motifs is 1. The summed E-state index contributed by atoms with van der Waals surface area (Å²) < 4.78 is 4.01. The summed E-state index contributed by atoms with van der Waals surface area (Å²) >= 11 is 13.8. The van der Waals surface area contributed by atoms with Crippen molar-refractivity contribution in [3.05, 3.63) is 77.2 Å². The predicted octanol–water partition coefficient (Wildman–Crippen LogP) is 5.38. The van der Waals surface area contributed by atoms with E-state index in [4.69, 9.17) is 23.2 Å². The third-order valence-electron chi connectivity index (χ3n) is 3.97. The Morgan fingerprint density at radius 1 is 1.11 bits per heavy atom. The van der Waals surface area contributed by atoms with Crippen molar-refractivity contribution in [1.82, 2.24) is 24.1 Å². The van der Waals surface area contributed by atoms with Crippen LogP contribution >= 0.6 is 35.0 Å². The lowest BCUT2D eigenvalue weighted by Crippen LogP contribution is -2.00. The van der Waals surface area contributed by atoms with E-state index in [0.717, 1.165) is 27.9 Å². The molecule has 0 unspecified atom stereocenters. The molecule has 8 heteroatoms. The Balaban J connectivity index is 1.61. The van der Waals surface area contributed by atoms with Crippen LogP contribution in [0.1, 0.15) is 5.69 Å². The molecule has 0 amide bonds. The topological polar surface area (TPSA) is 48.0 Å². The van der Waals surface area contributed by atoms with Crippen LogP contribution < -0.4 is 0 Å². The molecule has 1 aromatic carbocycles. The number of halogens is 2. The van der Waals surface area contributed by atoms with E-state index in [1.54, 1.807) is 23.9 Å². The summed E-state index contributed by atoms with van der Waals surface area (Å²) in [5, 5.41) is 10.5. The fourth-order valence-electron chi connectivity index (χ4n) is 2.73.